The molecule has 2 heterocycles. The summed E-state index contributed by atoms with van der Waals surface area (Å²) in [5.41, 5.74) is 3.52. The van der Waals surface area contributed by atoms with E-state index in [-0.39, 0.29) is 23.8 Å². The van der Waals surface area contributed by atoms with E-state index in [1.165, 1.54) is 11.1 Å². The fraction of sp³-hybridized carbons (Fsp3) is 0.417. The lowest BCUT2D eigenvalue weighted by molar-refractivity contribution is -0.136. The zero-order valence-corrected chi connectivity index (χ0v) is 17.6. The van der Waals surface area contributed by atoms with Gasteiger partial charge in [-0.05, 0) is 36.1 Å². The maximum atomic E-state index is 13.6. The molecular weight excluding hydrogens is 378 g/mol. The average Bonchev–Trinajstić information content (AvgIpc) is 3.24. The fourth-order valence-corrected chi connectivity index (χ4v) is 4.69. The number of para-hydroxylation sites is 1. The Bertz CT molecular complexity index is 929. The number of nitrogens with one attached hydrogen (secondary N) is 1. The van der Waals surface area contributed by atoms with Crippen LogP contribution in [0.4, 0.5) is 4.79 Å². The Morgan fingerprint density at radius 2 is 1.77 bits per heavy atom. The molecule has 0 aliphatic carbocycles. The van der Waals surface area contributed by atoms with E-state index in [9.17, 15) is 9.59 Å². The van der Waals surface area contributed by atoms with Gasteiger partial charge in [0.25, 0.3) is 0 Å². The lowest BCUT2D eigenvalue weighted by atomic mass is 9.86. The number of hydrogen-bond donors (Lipinski definition) is 1. The number of carbonyl (C=O) groups excluding carboxylic acids is 2. The summed E-state index contributed by atoms with van der Waals surface area (Å²) < 4.78 is 5.58. The number of urea groups is 1. The van der Waals surface area contributed by atoms with E-state index in [0.717, 1.165) is 17.7 Å². The predicted molar refractivity (Wildman–Crippen MR) is 115 cm³/mol. The van der Waals surface area contributed by atoms with Crippen molar-refractivity contribution < 1.29 is 14.3 Å². The first-order valence-corrected chi connectivity index (χ1v) is 10.6. The Morgan fingerprint density at radius 1 is 1.03 bits per heavy atom. The molecule has 3 amide bonds. The second-order valence-electron chi connectivity index (χ2n) is 7.97. The highest BCUT2D eigenvalue weighted by molar-refractivity contribution is 5.83. The molecule has 2 aliphatic rings. The van der Waals surface area contributed by atoms with Crippen molar-refractivity contribution in [3.05, 3.63) is 65.2 Å². The molecule has 158 valence electrons. The van der Waals surface area contributed by atoms with Crippen molar-refractivity contribution in [3.63, 3.8) is 0 Å². The van der Waals surface area contributed by atoms with Crippen LogP contribution in [-0.4, -0.2) is 55.0 Å². The molecule has 1 N–H and O–H groups in total. The van der Waals surface area contributed by atoms with Crippen LogP contribution in [0, 0.1) is 5.92 Å². The Labute approximate surface area is 177 Å². The molecule has 2 aromatic carbocycles. The van der Waals surface area contributed by atoms with Crippen molar-refractivity contribution in [2.45, 2.75) is 25.8 Å². The number of rotatable bonds is 4. The molecule has 2 aliphatic heterocycles. The van der Waals surface area contributed by atoms with E-state index < -0.39 is 0 Å². The summed E-state index contributed by atoms with van der Waals surface area (Å²) in [5.74, 6) is 0.511. The number of nitrogens with zero attached hydrogens (tertiary/aromatic N) is 2. The van der Waals surface area contributed by atoms with Gasteiger partial charge in [0, 0.05) is 38.6 Å². The van der Waals surface area contributed by atoms with Gasteiger partial charge in [0.2, 0.25) is 5.91 Å². The van der Waals surface area contributed by atoms with E-state index >= 15 is 0 Å². The lowest BCUT2D eigenvalue weighted by Gasteiger charge is -2.32. The zero-order chi connectivity index (χ0) is 21.1. The largest absolute Gasteiger partial charge is 0.496 e. The SMILES string of the molecule is CCNC(=O)N1CC(C(=O)N2CCc3ccccc3C2)C(c2ccccc2OC)C1. The van der Waals surface area contributed by atoms with Gasteiger partial charge in [-0.2, -0.15) is 0 Å². The Kier molecular flexibility index (Phi) is 5.93. The number of ether oxygens (including phenoxy) is 1. The van der Waals surface area contributed by atoms with Crippen LogP contribution in [0.5, 0.6) is 5.75 Å². The topological polar surface area (TPSA) is 61.9 Å². The molecular formula is C24H29N3O3. The molecule has 0 saturated carbocycles. The standard InChI is InChI=1S/C24H29N3O3/c1-3-25-24(29)27-15-20(19-10-6-7-11-22(19)30-2)21(16-27)23(28)26-13-12-17-8-4-5-9-18(17)14-26/h4-11,20-21H,3,12-16H2,1-2H3,(H,25,29). The minimum Gasteiger partial charge on any atom is -0.496 e. The number of fused-ring (bicyclic) bond motifs is 1. The number of benzene rings is 2. The van der Waals surface area contributed by atoms with Crippen LogP contribution in [0.3, 0.4) is 0 Å². The monoisotopic (exact) mass is 407 g/mol. The molecule has 0 radical (unpaired) electrons. The van der Waals surface area contributed by atoms with Crippen molar-refractivity contribution in [1.29, 1.82) is 0 Å². The lowest BCUT2D eigenvalue weighted by Crippen LogP contribution is -2.43. The molecule has 1 saturated heterocycles. The normalized spacial score (nSPS) is 20.6. The molecule has 4 rings (SSSR count). The molecule has 6 heteroatoms. The summed E-state index contributed by atoms with van der Waals surface area (Å²) in [6.45, 7) is 4.74. The first-order chi connectivity index (χ1) is 14.6. The van der Waals surface area contributed by atoms with Crippen LogP contribution < -0.4 is 10.1 Å². The number of amides is 3. The third-order valence-electron chi connectivity index (χ3n) is 6.23. The summed E-state index contributed by atoms with van der Waals surface area (Å²) >= 11 is 0. The summed E-state index contributed by atoms with van der Waals surface area (Å²) in [6, 6.07) is 16.0. The van der Waals surface area contributed by atoms with Gasteiger partial charge in [0.1, 0.15) is 5.75 Å². The molecule has 1 fully saturated rings. The van der Waals surface area contributed by atoms with Crippen molar-refractivity contribution in [1.82, 2.24) is 15.1 Å². The second kappa shape index (κ2) is 8.78. The van der Waals surface area contributed by atoms with Crippen LogP contribution in [0.2, 0.25) is 0 Å². The van der Waals surface area contributed by atoms with Crippen LogP contribution in [0.25, 0.3) is 0 Å². The van der Waals surface area contributed by atoms with Gasteiger partial charge >= 0.3 is 6.03 Å². The summed E-state index contributed by atoms with van der Waals surface area (Å²) in [7, 11) is 1.65. The first-order valence-electron chi connectivity index (χ1n) is 10.6. The van der Waals surface area contributed by atoms with Crippen molar-refractivity contribution in [2.24, 2.45) is 5.92 Å². The van der Waals surface area contributed by atoms with E-state index in [0.29, 0.717) is 32.7 Å². The van der Waals surface area contributed by atoms with Gasteiger partial charge in [-0.15, -0.1) is 0 Å². The second-order valence-corrected chi connectivity index (χ2v) is 7.97. The summed E-state index contributed by atoms with van der Waals surface area (Å²) in [5, 5.41) is 2.87. The van der Waals surface area contributed by atoms with Gasteiger partial charge in [0.15, 0.2) is 0 Å². The maximum absolute atomic E-state index is 13.6. The fourth-order valence-electron chi connectivity index (χ4n) is 4.69. The zero-order valence-electron chi connectivity index (χ0n) is 17.6. The predicted octanol–water partition coefficient (Wildman–Crippen LogP) is 3.03. The van der Waals surface area contributed by atoms with Crippen LogP contribution in [-0.2, 0) is 17.8 Å². The smallest absolute Gasteiger partial charge is 0.317 e. The Balaban J connectivity index is 1.61. The maximum Gasteiger partial charge on any atom is 0.317 e. The molecule has 0 spiro atoms. The number of carbonyl (C=O) groups is 2. The van der Waals surface area contributed by atoms with Gasteiger partial charge in [-0.1, -0.05) is 42.5 Å². The minimum absolute atomic E-state index is 0.0894. The molecule has 2 atom stereocenters. The van der Waals surface area contributed by atoms with E-state index in [2.05, 4.69) is 23.5 Å². The highest BCUT2D eigenvalue weighted by atomic mass is 16.5. The van der Waals surface area contributed by atoms with Crippen molar-refractivity contribution in [2.75, 3.05) is 33.3 Å². The van der Waals surface area contributed by atoms with Gasteiger partial charge in [0.05, 0.1) is 13.0 Å². The minimum atomic E-state index is -0.283. The Morgan fingerprint density at radius 3 is 2.53 bits per heavy atom. The first kappa shape index (κ1) is 20.3. The molecule has 30 heavy (non-hydrogen) atoms. The third-order valence-corrected chi connectivity index (χ3v) is 6.23. The van der Waals surface area contributed by atoms with Crippen LogP contribution >= 0.6 is 0 Å². The quantitative estimate of drug-likeness (QED) is 0.848. The van der Waals surface area contributed by atoms with Gasteiger partial charge in [-0.3, -0.25) is 4.79 Å². The van der Waals surface area contributed by atoms with Crippen molar-refractivity contribution in [3.8, 4) is 5.75 Å². The van der Waals surface area contributed by atoms with Crippen LogP contribution in [0.15, 0.2) is 48.5 Å². The summed E-state index contributed by atoms with van der Waals surface area (Å²) in [4.78, 5) is 29.9. The highest BCUT2D eigenvalue weighted by Crippen LogP contribution is 2.39. The molecule has 0 aromatic heterocycles. The molecule has 2 unspecified atom stereocenters. The number of likely N-dealkylation sites (tertiary alicyclic amines) is 1. The van der Waals surface area contributed by atoms with E-state index in [1.54, 1.807) is 12.0 Å². The summed E-state index contributed by atoms with van der Waals surface area (Å²) in [6.07, 6.45) is 0.869. The molecule has 2 aromatic rings. The van der Waals surface area contributed by atoms with E-state index in [1.807, 2.05) is 42.2 Å². The average molecular weight is 408 g/mol. The van der Waals surface area contributed by atoms with Gasteiger partial charge in [-0.25, -0.2) is 4.79 Å². The van der Waals surface area contributed by atoms with Crippen LogP contribution in [0.1, 0.15) is 29.5 Å². The highest BCUT2D eigenvalue weighted by Gasteiger charge is 2.43. The van der Waals surface area contributed by atoms with E-state index in [4.69, 9.17) is 4.74 Å². The number of methoxy groups -OCH3 is 1. The van der Waals surface area contributed by atoms with Gasteiger partial charge < -0.3 is 19.9 Å². The third kappa shape index (κ3) is 3.86. The van der Waals surface area contributed by atoms with Crippen molar-refractivity contribution >= 4 is 11.9 Å². The molecule has 6 nitrogen and oxygen atoms in total. The Hall–Kier alpha value is -3.02. The number of hydrogen-bond acceptors (Lipinski definition) is 3. The molecule has 0 bridgehead atoms.